The second-order valence-corrected chi connectivity index (χ2v) is 5.67. The monoisotopic (exact) mass is 292 g/mol. The third kappa shape index (κ3) is 2.98. The van der Waals surface area contributed by atoms with Crippen LogP contribution in [-0.2, 0) is 6.54 Å². The first-order chi connectivity index (χ1) is 10.8. The summed E-state index contributed by atoms with van der Waals surface area (Å²) in [5.74, 6) is 0.892. The lowest BCUT2D eigenvalue weighted by Crippen LogP contribution is -2.23. The Morgan fingerprint density at radius 1 is 1.18 bits per heavy atom. The van der Waals surface area contributed by atoms with Gasteiger partial charge in [-0.2, -0.15) is 5.26 Å². The number of hydrogen-bond donors (Lipinski definition) is 0. The minimum absolute atomic E-state index is 0.428. The van der Waals surface area contributed by atoms with E-state index in [1.807, 2.05) is 30.3 Å². The summed E-state index contributed by atoms with van der Waals surface area (Å²) in [6.45, 7) is 1.91. The lowest BCUT2D eigenvalue weighted by molar-refractivity contribution is 0.248. The highest BCUT2D eigenvalue weighted by Crippen LogP contribution is 2.34. The fourth-order valence-corrected chi connectivity index (χ4v) is 3.20. The molecule has 22 heavy (non-hydrogen) atoms. The highest BCUT2D eigenvalue weighted by Gasteiger charge is 2.26. The molecule has 3 heteroatoms. The predicted octanol–water partition coefficient (Wildman–Crippen LogP) is 3.90. The van der Waals surface area contributed by atoms with Crippen molar-refractivity contribution in [2.75, 3.05) is 13.7 Å². The molecule has 0 amide bonds. The molecule has 3 nitrogen and oxygen atoms in total. The lowest BCUT2D eigenvalue weighted by Gasteiger charge is -2.25. The van der Waals surface area contributed by atoms with Gasteiger partial charge >= 0.3 is 0 Å². The largest absolute Gasteiger partial charge is 0.497 e. The number of methoxy groups -OCH3 is 1. The van der Waals surface area contributed by atoms with Gasteiger partial charge < -0.3 is 4.74 Å². The van der Waals surface area contributed by atoms with Crippen molar-refractivity contribution >= 4 is 0 Å². The van der Waals surface area contributed by atoms with Crippen LogP contribution in [0.3, 0.4) is 0 Å². The van der Waals surface area contributed by atoms with Crippen LogP contribution in [0.25, 0.3) is 0 Å². The Bertz CT molecular complexity index is 673. The zero-order chi connectivity index (χ0) is 15.4. The van der Waals surface area contributed by atoms with Crippen LogP contribution >= 0.6 is 0 Å². The summed E-state index contributed by atoms with van der Waals surface area (Å²) in [6, 6.07) is 19.0. The van der Waals surface area contributed by atoms with E-state index >= 15 is 0 Å². The quantitative estimate of drug-likeness (QED) is 0.857. The van der Waals surface area contributed by atoms with Crippen LogP contribution in [0.5, 0.6) is 5.75 Å². The number of hydrogen-bond acceptors (Lipinski definition) is 3. The highest BCUT2D eigenvalue weighted by atomic mass is 16.5. The first kappa shape index (κ1) is 14.6. The maximum absolute atomic E-state index is 9.25. The Labute approximate surface area is 131 Å². The Hall–Kier alpha value is -2.31. The van der Waals surface area contributed by atoms with E-state index in [-0.39, 0.29) is 0 Å². The molecule has 1 atom stereocenters. The molecule has 0 bridgehead atoms. The van der Waals surface area contributed by atoms with Crippen LogP contribution in [0.4, 0.5) is 0 Å². The molecule has 0 aromatic heterocycles. The van der Waals surface area contributed by atoms with Crippen LogP contribution in [0, 0.1) is 11.3 Å². The summed E-state index contributed by atoms with van der Waals surface area (Å²) in [4.78, 5) is 2.47. The number of rotatable bonds is 4. The number of nitriles is 1. The molecule has 2 aromatic carbocycles. The molecule has 0 N–H and O–H groups in total. The summed E-state index contributed by atoms with van der Waals surface area (Å²) >= 11 is 0. The molecule has 0 saturated carbocycles. The Balaban J connectivity index is 1.79. The number of benzene rings is 2. The topological polar surface area (TPSA) is 36.3 Å². The van der Waals surface area contributed by atoms with E-state index in [2.05, 4.69) is 29.2 Å². The maximum atomic E-state index is 9.25. The Morgan fingerprint density at radius 2 is 1.95 bits per heavy atom. The normalized spacial score (nSPS) is 18.1. The predicted molar refractivity (Wildman–Crippen MR) is 86.5 cm³/mol. The van der Waals surface area contributed by atoms with Gasteiger partial charge in [-0.05, 0) is 48.7 Å². The molecule has 1 saturated heterocycles. The fraction of sp³-hybridized carbons (Fsp3) is 0.316. The average Bonchev–Trinajstić information content (AvgIpc) is 3.03. The van der Waals surface area contributed by atoms with E-state index in [0.717, 1.165) is 30.0 Å². The van der Waals surface area contributed by atoms with Gasteiger partial charge in [-0.15, -0.1) is 0 Å². The zero-order valence-electron chi connectivity index (χ0n) is 12.8. The SMILES string of the molecule is COc1ccc([C@H]2CCCN2Cc2ccccc2C#N)cc1. The van der Waals surface area contributed by atoms with Gasteiger partial charge in [-0.1, -0.05) is 30.3 Å². The van der Waals surface area contributed by atoms with E-state index in [0.29, 0.717) is 6.04 Å². The minimum atomic E-state index is 0.428. The van der Waals surface area contributed by atoms with Crippen molar-refractivity contribution in [3.05, 3.63) is 65.2 Å². The molecule has 1 aliphatic rings. The molecule has 112 valence electrons. The molecule has 3 rings (SSSR count). The molecule has 0 unspecified atom stereocenters. The van der Waals surface area contributed by atoms with Crippen LogP contribution in [-0.4, -0.2) is 18.6 Å². The number of likely N-dealkylation sites (tertiary alicyclic amines) is 1. The molecule has 0 radical (unpaired) electrons. The van der Waals surface area contributed by atoms with Crippen molar-refractivity contribution in [2.24, 2.45) is 0 Å². The number of ether oxygens (including phenoxy) is 1. The first-order valence-corrected chi connectivity index (χ1v) is 7.68. The van der Waals surface area contributed by atoms with Crippen molar-refractivity contribution < 1.29 is 4.74 Å². The summed E-state index contributed by atoms with van der Waals surface area (Å²) in [5.41, 5.74) is 3.22. The van der Waals surface area contributed by atoms with E-state index in [1.54, 1.807) is 7.11 Å². The molecular weight excluding hydrogens is 272 g/mol. The minimum Gasteiger partial charge on any atom is -0.497 e. The van der Waals surface area contributed by atoms with Crippen molar-refractivity contribution in [3.63, 3.8) is 0 Å². The molecule has 2 aromatic rings. The van der Waals surface area contributed by atoms with Crippen LogP contribution in [0.2, 0.25) is 0 Å². The Morgan fingerprint density at radius 3 is 2.68 bits per heavy atom. The van der Waals surface area contributed by atoms with Gasteiger partial charge in [0.15, 0.2) is 0 Å². The molecular formula is C19H20N2O. The summed E-state index contributed by atoms with van der Waals surface area (Å²) in [7, 11) is 1.69. The summed E-state index contributed by atoms with van der Waals surface area (Å²) < 4.78 is 5.23. The fourth-order valence-electron chi connectivity index (χ4n) is 3.20. The van der Waals surface area contributed by atoms with Gasteiger partial charge in [-0.3, -0.25) is 4.90 Å². The summed E-state index contributed by atoms with van der Waals surface area (Å²) in [5, 5.41) is 9.25. The van der Waals surface area contributed by atoms with E-state index in [1.165, 1.54) is 18.4 Å². The molecule has 1 aliphatic heterocycles. The average molecular weight is 292 g/mol. The van der Waals surface area contributed by atoms with Crippen LogP contribution < -0.4 is 4.74 Å². The van der Waals surface area contributed by atoms with Gasteiger partial charge in [0.05, 0.1) is 18.7 Å². The smallest absolute Gasteiger partial charge is 0.118 e. The Kier molecular flexibility index (Phi) is 4.41. The highest BCUT2D eigenvalue weighted by molar-refractivity contribution is 5.37. The van der Waals surface area contributed by atoms with E-state index in [4.69, 9.17) is 4.74 Å². The van der Waals surface area contributed by atoms with Crippen molar-refractivity contribution in [1.29, 1.82) is 5.26 Å². The van der Waals surface area contributed by atoms with Gasteiger partial charge in [-0.25, -0.2) is 0 Å². The molecule has 1 fully saturated rings. The van der Waals surface area contributed by atoms with Crippen molar-refractivity contribution in [3.8, 4) is 11.8 Å². The second kappa shape index (κ2) is 6.64. The van der Waals surface area contributed by atoms with Crippen LogP contribution in [0.15, 0.2) is 48.5 Å². The molecule has 0 aliphatic carbocycles. The van der Waals surface area contributed by atoms with Crippen molar-refractivity contribution in [2.45, 2.75) is 25.4 Å². The lowest BCUT2D eigenvalue weighted by atomic mass is 10.0. The second-order valence-electron chi connectivity index (χ2n) is 5.67. The van der Waals surface area contributed by atoms with Crippen LogP contribution in [0.1, 0.15) is 35.6 Å². The number of nitrogens with zero attached hydrogens (tertiary/aromatic N) is 2. The zero-order valence-corrected chi connectivity index (χ0v) is 12.8. The van der Waals surface area contributed by atoms with Gasteiger partial charge in [0.1, 0.15) is 5.75 Å². The first-order valence-electron chi connectivity index (χ1n) is 7.68. The van der Waals surface area contributed by atoms with Gasteiger partial charge in [0.2, 0.25) is 0 Å². The van der Waals surface area contributed by atoms with Gasteiger partial charge in [0, 0.05) is 12.6 Å². The van der Waals surface area contributed by atoms with Crippen molar-refractivity contribution in [1.82, 2.24) is 4.90 Å². The summed E-state index contributed by atoms with van der Waals surface area (Å²) in [6.07, 6.45) is 2.37. The van der Waals surface area contributed by atoms with Gasteiger partial charge in [0.25, 0.3) is 0 Å². The molecule has 0 spiro atoms. The third-order valence-corrected chi connectivity index (χ3v) is 4.38. The molecule has 1 heterocycles. The van der Waals surface area contributed by atoms with E-state index < -0.39 is 0 Å². The van der Waals surface area contributed by atoms with E-state index in [9.17, 15) is 5.26 Å². The standard InChI is InChI=1S/C19H20N2O/c1-22-18-10-8-15(9-11-18)19-7-4-12-21(19)14-17-6-3-2-5-16(17)13-20/h2-3,5-6,8-11,19H,4,7,12,14H2,1H3/t19-/m1/s1. The third-order valence-electron chi connectivity index (χ3n) is 4.38. The maximum Gasteiger partial charge on any atom is 0.118 e.